The van der Waals surface area contributed by atoms with Gasteiger partial charge in [0.25, 0.3) is 0 Å². The number of aliphatic hydroxyl groups is 2. The van der Waals surface area contributed by atoms with Crippen LogP contribution in [-0.2, 0) is 14.4 Å². The third-order valence-electron chi connectivity index (χ3n) is 8.57. The maximum absolute atomic E-state index is 13.1. The van der Waals surface area contributed by atoms with Gasteiger partial charge in [-0.25, -0.2) is 0 Å². The number of rotatable bonds is 2. The van der Waals surface area contributed by atoms with Gasteiger partial charge in [-0.2, -0.15) is 0 Å². The molecular formula is C20H28O6. The molecular weight excluding hydrogens is 336 g/mol. The minimum atomic E-state index is -1.54. The Morgan fingerprint density at radius 3 is 2.46 bits per heavy atom. The van der Waals surface area contributed by atoms with Gasteiger partial charge in [-0.05, 0) is 44.4 Å². The van der Waals surface area contributed by atoms with Gasteiger partial charge in [0.05, 0.1) is 22.5 Å². The van der Waals surface area contributed by atoms with E-state index in [0.717, 1.165) is 0 Å². The zero-order valence-corrected chi connectivity index (χ0v) is 15.3. The summed E-state index contributed by atoms with van der Waals surface area (Å²) in [7, 11) is 0. The van der Waals surface area contributed by atoms with E-state index in [1.54, 1.807) is 0 Å². The van der Waals surface area contributed by atoms with Crippen LogP contribution in [0.5, 0.6) is 0 Å². The molecule has 6 heteroatoms. The van der Waals surface area contributed by atoms with Gasteiger partial charge in [0.2, 0.25) is 0 Å². The largest absolute Gasteiger partial charge is 0.481 e. The number of Topliss-reactive ketones (excluding diaryl/α,β-unsaturated/α-hetero) is 2. The molecule has 0 amide bonds. The van der Waals surface area contributed by atoms with Gasteiger partial charge in [-0.1, -0.05) is 19.8 Å². The summed E-state index contributed by atoms with van der Waals surface area (Å²) < 4.78 is 0. The van der Waals surface area contributed by atoms with E-state index in [-0.39, 0.29) is 30.8 Å². The van der Waals surface area contributed by atoms with Crippen molar-refractivity contribution in [3.8, 4) is 0 Å². The number of fused-ring (bicyclic) bond motifs is 5. The molecule has 6 atom stereocenters. The van der Waals surface area contributed by atoms with Crippen molar-refractivity contribution in [2.75, 3.05) is 0 Å². The molecule has 0 bridgehead atoms. The highest BCUT2D eigenvalue weighted by atomic mass is 16.4. The molecule has 0 saturated heterocycles. The van der Waals surface area contributed by atoms with Crippen LogP contribution in [0.1, 0.15) is 71.1 Å². The molecule has 4 aliphatic carbocycles. The van der Waals surface area contributed by atoms with Crippen molar-refractivity contribution >= 4 is 17.5 Å². The lowest BCUT2D eigenvalue weighted by atomic mass is 9.41. The predicted molar refractivity (Wildman–Crippen MR) is 91.2 cm³/mol. The van der Waals surface area contributed by atoms with E-state index in [2.05, 4.69) is 0 Å². The Bertz CT molecular complexity index is 688. The first kappa shape index (κ1) is 18.1. The standard InChI is InChI=1S/C20H28O6/c1-2-17-9-5-12-15(20(17,26)10-6-14(17)22)13(21)11-18(25)7-3-4-8-19(12,18)16(23)24/h12,15,25-26H,2-11H2,1H3,(H,23,24)/t12-,15-,17-,18+,19+,20+/m0/s1. The minimum Gasteiger partial charge on any atom is -0.481 e. The maximum atomic E-state index is 13.1. The lowest BCUT2D eigenvalue weighted by Gasteiger charge is -2.63. The van der Waals surface area contributed by atoms with Gasteiger partial charge in [0.15, 0.2) is 0 Å². The summed E-state index contributed by atoms with van der Waals surface area (Å²) in [6.07, 6.45) is 3.54. The maximum Gasteiger partial charge on any atom is 0.312 e. The topological polar surface area (TPSA) is 112 Å². The Morgan fingerprint density at radius 1 is 1.12 bits per heavy atom. The summed E-state index contributed by atoms with van der Waals surface area (Å²) in [4.78, 5) is 38.3. The summed E-state index contributed by atoms with van der Waals surface area (Å²) >= 11 is 0. The SMILES string of the molecule is CC[C@@]12CC[C@H]3[C@@H](C(=O)C[C@]4(O)CCCC[C@]34C(=O)O)[C@]1(O)CCC2=O. The van der Waals surface area contributed by atoms with Crippen molar-refractivity contribution in [1.82, 2.24) is 0 Å². The molecule has 4 fully saturated rings. The molecule has 0 radical (unpaired) electrons. The van der Waals surface area contributed by atoms with E-state index >= 15 is 0 Å². The van der Waals surface area contributed by atoms with Crippen molar-refractivity contribution in [2.24, 2.45) is 22.7 Å². The van der Waals surface area contributed by atoms with Crippen LogP contribution in [0.2, 0.25) is 0 Å². The van der Waals surface area contributed by atoms with Crippen molar-refractivity contribution in [1.29, 1.82) is 0 Å². The van der Waals surface area contributed by atoms with E-state index < -0.39 is 39.8 Å². The lowest BCUT2D eigenvalue weighted by molar-refractivity contribution is -0.241. The zero-order chi connectivity index (χ0) is 19.0. The zero-order valence-electron chi connectivity index (χ0n) is 15.3. The Kier molecular flexibility index (Phi) is 3.75. The van der Waals surface area contributed by atoms with Crippen LogP contribution in [0, 0.1) is 22.7 Å². The van der Waals surface area contributed by atoms with Crippen LogP contribution in [0.25, 0.3) is 0 Å². The fourth-order valence-corrected chi connectivity index (χ4v) is 7.35. The molecule has 0 unspecified atom stereocenters. The van der Waals surface area contributed by atoms with Crippen molar-refractivity contribution < 1.29 is 29.7 Å². The summed E-state index contributed by atoms with van der Waals surface area (Å²) in [6, 6.07) is 0. The highest BCUT2D eigenvalue weighted by Gasteiger charge is 2.75. The molecule has 26 heavy (non-hydrogen) atoms. The third kappa shape index (κ3) is 1.78. The Balaban J connectivity index is 1.88. The van der Waals surface area contributed by atoms with Crippen LogP contribution in [0.4, 0.5) is 0 Å². The summed E-state index contributed by atoms with van der Waals surface area (Å²) in [5.41, 5.74) is -5.35. The molecule has 0 aromatic carbocycles. The molecule has 0 aromatic rings. The summed E-state index contributed by atoms with van der Waals surface area (Å²) in [5.74, 6) is -2.79. The van der Waals surface area contributed by atoms with Gasteiger partial charge in [-0.3, -0.25) is 14.4 Å². The minimum absolute atomic E-state index is 0.00241. The lowest BCUT2D eigenvalue weighted by Crippen LogP contribution is -2.72. The van der Waals surface area contributed by atoms with E-state index in [4.69, 9.17) is 0 Å². The normalized spacial score (nSPS) is 50.7. The number of carbonyl (C=O) groups excluding carboxylic acids is 2. The van der Waals surface area contributed by atoms with Gasteiger partial charge >= 0.3 is 5.97 Å². The molecule has 3 N–H and O–H groups in total. The second-order valence-electron chi connectivity index (χ2n) is 9.06. The monoisotopic (exact) mass is 364 g/mol. The molecule has 6 nitrogen and oxygen atoms in total. The van der Waals surface area contributed by atoms with Gasteiger partial charge in [0.1, 0.15) is 17.0 Å². The van der Waals surface area contributed by atoms with E-state index in [9.17, 15) is 29.7 Å². The van der Waals surface area contributed by atoms with Crippen molar-refractivity contribution in [2.45, 2.75) is 82.3 Å². The van der Waals surface area contributed by atoms with Gasteiger partial charge < -0.3 is 15.3 Å². The molecule has 4 saturated carbocycles. The number of aliphatic carboxylic acids is 1. The van der Waals surface area contributed by atoms with E-state index in [1.165, 1.54) is 0 Å². The molecule has 0 heterocycles. The van der Waals surface area contributed by atoms with E-state index in [0.29, 0.717) is 44.9 Å². The van der Waals surface area contributed by atoms with Crippen molar-refractivity contribution in [3.05, 3.63) is 0 Å². The number of hydrogen-bond donors (Lipinski definition) is 3. The van der Waals surface area contributed by atoms with Crippen LogP contribution in [-0.4, -0.2) is 44.1 Å². The number of carbonyl (C=O) groups is 3. The number of hydrogen-bond acceptors (Lipinski definition) is 5. The highest BCUT2D eigenvalue weighted by molar-refractivity contribution is 5.95. The van der Waals surface area contributed by atoms with Crippen LogP contribution < -0.4 is 0 Å². The second-order valence-corrected chi connectivity index (χ2v) is 9.06. The second kappa shape index (κ2) is 5.38. The van der Waals surface area contributed by atoms with Crippen LogP contribution in [0.15, 0.2) is 0 Å². The average molecular weight is 364 g/mol. The quantitative estimate of drug-likeness (QED) is 0.689. The smallest absolute Gasteiger partial charge is 0.312 e. The first-order valence-electron chi connectivity index (χ1n) is 9.93. The predicted octanol–water partition coefficient (Wildman–Crippen LogP) is 1.85. The van der Waals surface area contributed by atoms with Crippen molar-refractivity contribution in [3.63, 3.8) is 0 Å². The molecule has 0 spiro atoms. The Labute approximate surface area is 153 Å². The van der Waals surface area contributed by atoms with Crippen LogP contribution >= 0.6 is 0 Å². The van der Waals surface area contributed by atoms with Gasteiger partial charge in [0, 0.05) is 12.8 Å². The highest BCUT2D eigenvalue weighted by Crippen LogP contribution is 2.68. The molecule has 0 aliphatic heterocycles. The number of ketones is 2. The first-order chi connectivity index (χ1) is 12.2. The van der Waals surface area contributed by atoms with Crippen LogP contribution in [0.3, 0.4) is 0 Å². The number of carboxylic acids is 1. The number of carboxylic acid groups (broad SMARTS) is 1. The first-order valence-corrected chi connectivity index (χ1v) is 9.93. The van der Waals surface area contributed by atoms with Gasteiger partial charge in [-0.15, -0.1) is 0 Å². The Hall–Kier alpha value is -1.27. The molecule has 4 aliphatic rings. The third-order valence-corrected chi connectivity index (χ3v) is 8.57. The molecule has 144 valence electrons. The summed E-state index contributed by atoms with van der Waals surface area (Å²) in [5, 5.41) is 33.1. The van der Waals surface area contributed by atoms with E-state index in [1.807, 2.05) is 6.92 Å². The fraction of sp³-hybridized carbons (Fsp3) is 0.850. The average Bonchev–Trinajstić information content (AvgIpc) is 2.85. The molecule has 0 aromatic heterocycles. The summed E-state index contributed by atoms with van der Waals surface area (Å²) in [6.45, 7) is 1.87. The Morgan fingerprint density at radius 2 is 1.81 bits per heavy atom. The fourth-order valence-electron chi connectivity index (χ4n) is 7.35. The molecule has 4 rings (SSSR count).